The van der Waals surface area contributed by atoms with Gasteiger partial charge in [-0.1, -0.05) is 0 Å². The quantitative estimate of drug-likeness (QED) is 0.663. The van der Waals surface area contributed by atoms with E-state index in [4.69, 9.17) is 0 Å². The van der Waals surface area contributed by atoms with Crippen LogP contribution in [-0.4, -0.2) is 28.9 Å². The van der Waals surface area contributed by atoms with E-state index in [1.807, 2.05) is 0 Å². The molecule has 3 amide bonds. The van der Waals surface area contributed by atoms with Gasteiger partial charge in [0.15, 0.2) is 0 Å². The minimum absolute atomic E-state index is 0.00822. The summed E-state index contributed by atoms with van der Waals surface area (Å²) >= 11 is 0. The number of urea groups is 1. The summed E-state index contributed by atoms with van der Waals surface area (Å²) in [5.74, 6) is -0.399. The van der Waals surface area contributed by atoms with Crippen LogP contribution < -0.4 is 10.4 Å². The van der Waals surface area contributed by atoms with Gasteiger partial charge in [-0.25, -0.2) is 9.69 Å². The number of halogens is 3. The average molecular weight is 340 g/mol. The van der Waals surface area contributed by atoms with Crippen molar-refractivity contribution in [2.24, 2.45) is 5.92 Å². The summed E-state index contributed by atoms with van der Waals surface area (Å²) in [6.45, 7) is 0. The second-order valence-electron chi connectivity index (χ2n) is 6.36. The molecule has 24 heavy (non-hydrogen) atoms. The maximum absolute atomic E-state index is 13.1. The smallest absolute Gasteiger partial charge is 0.418 e. The van der Waals surface area contributed by atoms with E-state index in [1.54, 1.807) is 0 Å². The third-order valence-corrected chi connectivity index (χ3v) is 5.15. The van der Waals surface area contributed by atoms with Gasteiger partial charge in [-0.05, 0) is 43.4 Å². The minimum Gasteiger partial charge on any atom is -0.761 e. The van der Waals surface area contributed by atoms with Crippen LogP contribution in [0.15, 0.2) is 18.2 Å². The van der Waals surface area contributed by atoms with Gasteiger partial charge in [-0.15, -0.1) is 0 Å². The van der Waals surface area contributed by atoms with Crippen molar-refractivity contribution in [3.8, 4) is 0 Å². The molecule has 0 aromatic heterocycles. The van der Waals surface area contributed by atoms with E-state index < -0.39 is 35.4 Å². The van der Waals surface area contributed by atoms with Crippen molar-refractivity contribution >= 4 is 23.3 Å². The lowest BCUT2D eigenvalue weighted by Gasteiger charge is -2.25. The molecule has 2 aliphatic heterocycles. The molecule has 3 aliphatic rings. The zero-order valence-electron chi connectivity index (χ0n) is 12.3. The zero-order chi connectivity index (χ0) is 17.2. The first-order chi connectivity index (χ1) is 11.3. The number of amides is 3. The van der Waals surface area contributed by atoms with E-state index in [0.29, 0.717) is 6.07 Å². The van der Waals surface area contributed by atoms with Gasteiger partial charge >= 0.3 is 12.2 Å². The van der Waals surface area contributed by atoms with Crippen molar-refractivity contribution in [2.45, 2.75) is 37.5 Å². The second kappa shape index (κ2) is 4.85. The third kappa shape index (κ3) is 1.94. The van der Waals surface area contributed by atoms with Gasteiger partial charge in [0.05, 0.1) is 11.3 Å². The van der Waals surface area contributed by atoms with Crippen molar-refractivity contribution in [1.29, 1.82) is 0 Å². The van der Waals surface area contributed by atoms with Crippen LogP contribution >= 0.6 is 0 Å². The van der Waals surface area contributed by atoms with Crippen LogP contribution in [0, 0.1) is 11.1 Å². The monoisotopic (exact) mass is 340 g/mol. The van der Waals surface area contributed by atoms with E-state index >= 15 is 0 Å². The number of hydrogen-bond acceptors (Lipinski definition) is 4. The van der Waals surface area contributed by atoms with Gasteiger partial charge in [0.1, 0.15) is 6.04 Å². The first kappa shape index (κ1) is 15.3. The molecular weight excluding hydrogens is 327 g/mol. The zero-order valence-corrected chi connectivity index (χ0v) is 12.3. The number of benzene rings is 1. The molecule has 2 bridgehead atoms. The maximum Gasteiger partial charge on any atom is 0.418 e. The second-order valence-corrected chi connectivity index (χ2v) is 6.36. The Hall–Kier alpha value is -2.29. The molecule has 0 spiro atoms. The molecule has 1 saturated carbocycles. The summed E-state index contributed by atoms with van der Waals surface area (Å²) in [7, 11) is 0. The standard InChI is InChI=1S/C15H13F3N3O3/c16-15(17,18)10-6-9(3-4-11(10)19-24)21-13(22)12-7-1-2-8(5-7)20(12)14(21)23/h3-4,6-8,12,19H,1-2,5H2/q-1/t7?,8?,12-/m1/s1. The van der Waals surface area contributed by atoms with Gasteiger partial charge in [-0.2, -0.15) is 13.2 Å². The summed E-state index contributed by atoms with van der Waals surface area (Å²) < 4.78 is 39.3. The Morgan fingerprint density at radius 1 is 1.21 bits per heavy atom. The lowest BCUT2D eigenvalue weighted by molar-refractivity contribution is -0.137. The van der Waals surface area contributed by atoms with Gasteiger partial charge in [-0.3, -0.25) is 4.79 Å². The Morgan fingerprint density at radius 3 is 2.58 bits per heavy atom. The normalized spacial score (nSPS) is 28.8. The predicted molar refractivity (Wildman–Crippen MR) is 78.1 cm³/mol. The fourth-order valence-corrected chi connectivity index (χ4v) is 4.16. The number of alkyl halides is 3. The number of nitrogens with zero attached hydrogens (tertiary/aromatic N) is 2. The van der Waals surface area contributed by atoms with Crippen LogP contribution in [0.2, 0.25) is 0 Å². The van der Waals surface area contributed by atoms with Gasteiger partial charge in [0.2, 0.25) is 0 Å². The first-order valence-corrected chi connectivity index (χ1v) is 7.58. The number of carbonyl (C=O) groups excluding carboxylic acids is 2. The lowest BCUT2D eigenvalue weighted by Crippen LogP contribution is -2.40. The highest BCUT2D eigenvalue weighted by Crippen LogP contribution is 2.47. The van der Waals surface area contributed by atoms with Crippen molar-refractivity contribution < 1.29 is 22.8 Å². The molecule has 3 fully saturated rings. The van der Waals surface area contributed by atoms with Crippen LogP contribution in [-0.2, 0) is 11.0 Å². The van der Waals surface area contributed by atoms with Crippen molar-refractivity contribution in [2.75, 3.05) is 10.4 Å². The number of hydrogen-bond donors (Lipinski definition) is 1. The maximum atomic E-state index is 13.1. The topological polar surface area (TPSA) is 75.7 Å². The fraction of sp³-hybridized carbons (Fsp3) is 0.467. The molecule has 1 aromatic rings. The molecule has 2 saturated heterocycles. The van der Waals surface area contributed by atoms with Crippen molar-refractivity contribution in [3.05, 3.63) is 29.0 Å². The largest absolute Gasteiger partial charge is 0.761 e. The number of fused-ring (bicyclic) bond motifs is 5. The van der Waals surface area contributed by atoms with Crippen LogP contribution in [0.5, 0.6) is 0 Å². The molecule has 128 valence electrons. The Balaban J connectivity index is 1.75. The molecule has 2 heterocycles. The minimum atomic E-state index is -4.77. The summed E-state index contributed by atoms with van der Waals surface area (Å²) in [5.41, 5.74) is -0.775. The van der Waals surface area contributed by atoms with Crippen LogP contribution in [0.4, 0.5) is 29.3 Å². The molecule has 2 unspecified atom stereocenters. The van der Waals surface area contributed by atoms with Crippen LogP contribution in [0.3, 0.4) is 0 Å². The van der Waals surface area contributed by atoms with Gasteiger partial charge in [0, 0.05) is 11.7 Å². The van der Waals surface area contributed by atoms with Gasteiger partial charge in [0.25, 0.3) is 5.91 Å². The highest BCUT2D eigenvalue weighted by molar-refractivity contribution is 6.22. The highest BCUT2D eigenvalue weighted by Gasteiger charge is 2.59. The molecule has 3 atom stereocenters. The Labute approximate surface area is 134 Å². The summed E-state index contributed by atoms with van der Waals surface area (Å²) in [5, 5.41) is 10.7. The SMILES string of the molecule is O=C1[C@H]2C3CCC(C3)N2C(=O)N1c1ccc(N[O-])c(C(F)(F)F)c1. The van der Waals surface area contributed by atoms with Crippen molar-refractivity contribution in [3.63, 3.8) is 0 Å². The molecular formula is C15H13F3N3O3-. The number of imide groups is 1. The summed E-state index contributed by atoms with van der Waals surface area (Å²) in [6, 6.07) is 1.63. The number of rotatable bonds is 2. The Kier molecular flexibility index (Phi) is 3.08. The average Bonchev–Trinajstić information content (AvgIpc) is 3.20. The molecule has 4 rings (SSSR count). The molecule has 6 nitrogen and oxygen atoms in total. The molecule has 0 radical (unpaired) electrons. The number of carbonyl (C=O) groups is 2. The number of piperidine rings is 1. The van der Waals surface area contributed by atoms with Gasteiger partial charge < -0.3 is 15.6 Å². The fourth-order valence-electron chi connectivity index (χ4n) is 4.16. The Bertz CT molecular complexity index is 708. The highest BCUT2D eigenvalue weighted by atomic mass is 19.4. The van der Waals surface area contributed by atoms with Crippen LogP contribution in [0.1, 0.15) is 24.8 Å². The first-order valence-electron chi connectivity index (χ1n) is 7.58. The number of anilines is 2. The van der Waals surface area contributed by atoms with E-state index in [2.05, 4.69) is 0 Å². The van der Waals surface area contributed by atoms with Crippen LogP contribution in [0.25, 0.3) is 0 Å². The summed E-state index contributed by atoms with van der Waals surface area (Å²) in [4.78, 5) is 27.5. The van der Waals surface area contributed by atoms with Crippen molar-refractivity contribution in [1.82, 2.24) is 4.90 Å². The van der Waals surface area contributed by atoms with E-state index in [1.165, 1.54) is 16.4 Å². The number of nitrogens with one attached hydrogen (secondary N) is 1. The third-order valence-electron chi connectivity index (χ3n) is 5.15. The summed E-state index contributed by atoms with van der Waals surface area (Å²) in [6.07, 6.45) is -2.32. The van der Waals surface area contributed by atoms with E-state index in [9.17, 15) is 28.0 Å². The predicted octanol–water partition coefficient (Wildman–Crippen LogP) is 2.93. The molecule has 9 heteroatoms. The lowest BCUT2D eigenvalue weighted by atomic mass is 9.99. The molecule has 1 aromatic carbocycles. The Morgan fingerprint density at radius 2 is 1.96 bits per heavy atom. The van der Waals surface area contributed by atoms with E-state index in [-0.39, 0.29) is 17.6 Å². The van der Waals surface area contributed by atoms with E-state index in [0.717, 1.165) is 30.2 Å². The molecule has 1 N–H and O–H groups in total. The molecule has 1 aliphatic carbocycles.